The number of unbranched alkanes of at least 4 members (excludes halogenated alkanes) is 1. The summed E-state index contributed by atoms with van der Waals surface area (Å²) < 4.78 is 120. The number of azide groups is 2. The molecule has 43 heteroatoms. The Bertz CT molecular complexity index is 3170. The van der Waals surface area contributed by atoms with Crippen molar-refractivity contribution < 1.29 is 130 Å². The van der Waals surface area contributed by atoms with Crippen molar-refractivity contribution >= 4 is 144 Å². The van der Waals surface area contributed by atoms with Gasteiger partial charge in [0.1, 0.15) is 23.1 Å². The molecular formula is C43H57Cl8F2N12Na2O14PS4. The average molecular weight is 1490 g/mol. The monoisotopic (exact) mass is 1490 g/mol. The zero-order chi connectivity index (χ0) is 65.8. The van der Waals surface area contributed by atoms with E-state index < -0.39 is 65.8 Å². The molecule has 1 heterocycles. The molecule has 0 bridgehead atoms. The minimum atomic E-state index is -4.14. The van der Waals surface area contributed by atoms with Crippen LogP contribution in [0, 0.1) is 11.6 Å². The third-order valence-corrected chi connectivity index (χ3v) is 13.0. The van der Waals surface area contributed by atoms with Gasteiger partial charge in [-0.2, -0.15) is 8.42 Å². The first-order chi connectivity index (χ1) is 38.7. The van der Waals surface area contributed by atoms with E-state index in [1.54, 1.807) is 36.4 Å². The standard InChI is InChI=1S/C16H16ClFN2O3S.C13H8ClFO2.C4H11N.C3H6ClN3O2S.C3H7N3O3S.C3H6O3S.CH4O.Cl5P.N3.2Na/c17-12-4-2-11(3-5-12)16(20-8-1-9-24(19,22)23)14-10-13(18)6-7-15(14)21;14-9-3-1-8(2-4-9)13(17)11-7-10(15)5-6-12(11)16;1-2-3-4-5;4-10(8,9)3-1-2-6-7-5;4-6-5-2-1-3-10(7,8)9;4-7(5)3-1-2-6-7;1-2;1-6(2,3,4)5;1-3-2;;/h2-7,10,21H,1,8-9H2,(H2,19,22,23);1-7,16H;2-5H2,1H3;1-3H2;1-3H2,(H,7,8,9);1-3H2;2H,1H3;;;;/q;;;;;;;;-1;2*+1/p-1. The Hall–Kier alpha value is -2.04. The maximum atomic E-state index is 13.5. The Balaban J connectivity index is -0.000000227. The first-order valence-electron chi connectivity index (χ1n) is 22.8. The van der Waals surface area contributed by atoms with Crippen molar-refractivity contribution in [1.82, 2.24) is 0 Å². The summed E-state index contributed by atoms with van der Waals surface area (Å²) in [7, 11) is -8.32. The summed E-state index contributed by atoms with van der Waals surface area (Å²) in [6.07, 6.45) is 3.62. The number of hydrogen-bond donors (Lipinski definition) is 5. The van der Waals surface area contributed by atoms with Gasteiger partial charge in [-0.3, -0.25) is 18.9 Å². The number of phenolic OH excluding ortho intramolecular Hbond substituents is 2. The zero-order valence-electron chi connectivity index (χ0n) is 46.0. The molecule has 474 valence electrons. The van der Waals surface area contributed by atoms with E-state index >= 15 is 0 Å². The number of aromatic hydroxyl groups is 2. The quantitative estimate of drug-likeness (QED) is 0.00579. The fourth-order valence-electron chi connectivity index (χ4n) is 4.93. The number of nitrogens with two attached hydrogens (primary N) is 2. The summed E-state index contributed by atoms with van der Waals surface area (Å²) in [5, 5.41) is 38.7. The number of benzene rings is 4. The number of rotatable bonds is 18. The third kappa shape index (κ3) is 62.2. The van der Waals surface area contributed by atoms with Crippen LogP contribution in [0.15, 0.2) is 100 Å². The van der Waals surface area contributed by atoms with Gasteiger partial charge in [-0.05, 0) is 123 Å². The van der Waals surface area contributed by atoms with E-state index in [1.165, 1.54) is 42.0 Å². The molecule has 1 saturated heterocycles. The molecule has 4 aromatic carbocycles. The zero-order valence-corrected chi connectivity index (χ0v) is 60.2. The Morgan fingerprint density at radius 2 is 1.10 bits per heavy atom. The van der Waals surface area contributed by atoms with E-state index in [0.29, 0.717) is 39.9 Å². The van der Waals surface area contributed by atoms with Crippen LogP contribution in [0.4, 0.5) is 8.78 Å². The number of nitrogens with zero attached hydrogens (tertiary/aromatic N) is 10. The van der Waals surface area contributed by atoms with Gasteiger partial charge < -0.3 is 36.7 Å². The molecule has 86 heavy (non-hydrogen) atoms. The summed E-state index contributed by atoms with van der Waals surface area (Å²) in [4.78, 5) is 22.6. The number of hydrogen-bond acceptors (Lipinski definition) is 18. The number of ketones is 1. The number of sulfonamides is 1. The first kappa shape index (κ1) is 95.1. The molecule has 0 spiro atoms. The second-order valence-electron chi connectivity index (χ2n) is 15.0. The van der Waals surface area contributed by atoms with E-state index in [-0.39, 0.29) is 138 Å². The molecule has 0 unspecified atom stereocenters. The van der Waals surface area contributed by atoms with Crippen molar-refractivity contribution in [3.63, 3.8) is 0 Å². The van der Waals surface area contributed by atoms with Gasteiger partial charge in [0.2, 0.25) is 19.1 Å². The van der Waals surface area contributed by atoms with E-state index in [9.17, 15) is 62.0 Å². The maximum absolute atomic E-state index is 13.5. The van der Waals surface area contributed by atoms with Crippen LogP contribution in [0.2, 0.25) is 10.0 Å². The minimum absolute atomic E-state index is 0. The second-order valence-corrected chi connectivity index (χ2v) is 40.4. The summed E-state index contributed by atoms with van der Waals surface area (Å²) >= 11 is 36.5. The van der Waals surface area contributed by atoms with Crippen molar-refractivity contribution in [1.29, 1.82) is 0 Å². The maximum Gasteiger partial charge on any atom is 1.00 e. The van der Waals surface area contributed by atoms with E-state index in [2.05, 4.69) is 36.2 Å². The van der Waals surface area contributed by atoms with Gasteiger partial charge in [0.25, 0.3) is 10.1 Å². The average Bonchev–Trinajstić information content (AvgIpc) is 3.83. The first-order valence-corrected chi connectivity index (χ1v) is 37.7. The second kappa shape index (κ2) is 51.6. The van der Waals surface area contributed by atoms with Crippen LogP contribution in [-0.4, -0.2) is 128 Å². The molecule has 26 nitrogen and oxygen atoms in total. The van der Waals surface area contributed by atoms with E-state index in [0.717, 1.165) is 37.9 Å². The molecule has 1 aliphatic rings. The number of carbonyl (C=O) groups excluding carboxylic acids is 1. The smallest absolute Gasteiger partial charge is 0.748 e. The molecule has 0 saturated carbocycles. The van der Waals surface area contributed by atoms with Crippen molar-refractivity contribution in [3.8, 4) is 11.5 Å². The van der Waals surface area contributed by atoms with Crippen molar-refractivity contribution in [2.24, 2.45) is 26.1 Å². The number of primary sulfonamides is 1. The van der Waals surface area contributed by atoms with Crippen LogP contribution in [0.3, 0.4) is 0 Å². The molecule has 1 fully saturated rings. The molecule has 4 aromatic rings. The summed E-state index contributed by atoms with van der Waals surface area (Å²) in [5.74, 6) is -2.53. The van der Waals surface area contributed by atoms with Crippen LogP contribution in [0.5, 0.6) is 11.5 Å². The van der Waals surface area contributed by atoms with Gasteiger partial charge in [-0.1, -0.05) is 58.9 Å². The van der Waals surface area contributed by atoms with Crippen molar-refractivity contribution in [3.05, 3.63) is 166 Å². The fraction of sp³-hybridized carbons (Fsp3) is 0.395. The van der Waals surface area contributed by atoms with Crippen LogP contribution in [0.25, 0.3) is 36.9 Å². The Morgan fingerprint density at radius 1 is 0.709 bits per heavy atom. The van der Waals surface area contributed by atoms with Gasteiger partial charge in [0.15, 0.2) is 5.78 Å². The van der Waals surface area contributed by atoms with E-state index in [1.807, 2.05) is 0 Å². The molecule has 0 aromatic heterocycles. The van der Waals surface area contributed by atoms with Gasteiger partial charge in [0.05, 0.1) is 45.3 Å². The van der Waals surface area contributed by atoms with Crippen LogP contribution in [0.1, 0.15) is 72.5 Å². The minimum Gasteiger partial charge on any atom is -0.748 e. The Morgan fingerprint density at radius 3 is 1.43 bits per heavy atom. The predicted octanol–water partition coefficient (Wildman–Crippen LogP) is 6.88. The topological polar surface area (TPSA) is 467 Å². The number of halogens is 10. The SMILES string of the molecule is CCCCN.CO.ClP(Cl)(Cl)(Cl)Cl.NS(=O)(=O)CCCN=C(c1ccc(Cl)cc1)c1cc(F)ccc1O.O=C(c1ccc(Cl)cc1)c1cc(F)ccc1O.O=S1(=O)CCCO1.[N-]=[N+]=NCCCS(=O)(=O)Cl.[N-]=[N+]=NCCCS(=O)(=O)[O-].[N-]=[N+]=[N-].[Na+].[Na+]. The Labute approximate surface area is 580 Å². The molecule has 0 amide bonds. The van der Waals surface area contributed by atoms with Crippen LogP contribution in [-0.2, 0) is 43.5 Å². The normalized spacial score (nSPS) is 12.2. The number of aliphatic hydroxyl groups excluding tert-OH is 1. The molecular weight excluding hydrogens is 1440 g/mol. The summed E-state index contributed by atoms with van der Waals surface area (Å²) in [6, 6.07) is 19.6. The van der Waals surface area contributed by atoms with Crippen LogP contribution >= 0.6 is 93.5 Å². The van der Waals surface area contributed by atoms with Gasteiger partial charge in [0, 0.05) is 79.7 Å². The number of carbonyl (C=O) groups is 1. The predicted molar refractivity (Wildman–Crippen MR) is 330 cm³/mol. The third-order valence-electron chi connectivity index (χ3n) is 8.28. The summed E-state index contributed by atoms with van der Waals surface area (Å²) in [5.41, 5.74) is 35.6. The van der Waals surface area contributed by atoms with Crippen LogP contribution < -0.4 is 70.0 Å². The fourth-order valence-corrected chi connectivity index (χ4v) is 7.96. The van der Waals surface area contributed by atoms with Gasteiger partial charge >= 0.3 is 119 Å². The Kier molecular flexibility index (Phi) is 57.0. The molecule has 0 atom stereocenters. The van der Waals surface area contributed by atoms with E-state index in [4.69, 9.17) is 128 Å². The van der Waals surface area contributed by atoms with Gasteiger partial charge in [-0.15, -0.1) is 0 Å². The molecule has 5 rings (SSSR count). The van der Waals surface area contributed by atoms with Gasteiger partial charge in [-0.25, -0.2) is 39.2 Å². The number of phenols is 2. The molecule has 0 radical (unpaired) electrons. The number of aliphatic hydroxyl groups is 1. The van der Waals surface area contributed by atoms with Crippen molar-refractivity contribution in [2.75, 3.05) is 62.9 Å². The summed E-state index contributed by atoms with van der Waals surface area (Å²) in [6.45, 7) is 3.73. The van der Waals surface area contributed by atoms with Crippen molar-refractivity contribution in [2.45, 2.75) is 45.4 Å². The largest absolute Gasteiger partial charge is 1.00 e. The molecule has 1 aliphatic heterocycles. The number of aliphatic imine (C=N–C) groups is 1. The molecule has 7 N–H and O–H groups in total. The molecule has 0 aliphatic carbocycles.